The van der Waals surface area contributed by atoms with Crippen molar-refractivity contribution in [1.82, 2.24) is 0 Å². The molecule has 1 unspecified atom stereocenters. The van der Waals surface area contributed by atoms with Gasteiger partial charge in [0.1, 0.15) is 11.6 Å². The van der Waals surface area contributed by atoms with E-state index < -0.39 is 11.6 Å². The Bertz CT molecular complexity index is 702. The van der Waals surface area contributed by atoms with E-state index in [4.69, 9.17) is 0 Å². The molecule has 4 heteroatoms. The summed E-state index contributed by atoms with van der Waals surface area (Å²) in [5.41, 5.74) is 1.66. The highest BCUT2D eigenvalue weighted by atomic mass is 32.2. The number of nitrogens with zero attached hydrogens (tertiary/aromatic N) is 1. The van der Waals surface area contributed by atoms with Crippen molar-refractivity contribution in [2.24, 2.45) is 4.99 Å². The van der Waals surface area contributed by atoms with E-state index in [0.717, 1.165) is 12.0 Å². The monoisotopic (exact) mass is 331 g/mol. The first-order chi connectivity index (χ1) is 11.0. The second kappa shape index (κ2) is 6.83. The standard InChI is InChI=1S/C19H19F2NS/c1-12(2)23-14-8-6-13(7-9-14)17-10-11-18(22-17)19-15(20)4-3-5-16(19)21/h3-9,12,17H,10-11H2,1-2H3. The van der Waals surface area contributed by atoms with Crippen molar-refractivity contribution in [2.75, 3.05) is 0 Å². The fourth-order valence-electron chi connectivity index (χ4n) is 2.84. The third-order valence-electron chi connectivity index (χ3n) is 3.85. The smallest absolute Gasteiger partial charge is 0.135 e. The molecular weight excluding hydrogens is 312 g/mol. The van der Waals surface area contributed by atoms with Crippen LogP contribution in [0.2, 0.25) is 0 Å². The molecule has 0 aliphatic carbocycles. The van der Waals surface area contributed by atoms with Crippen LogP contribution in [0, 0.1) is 11.6 Å². The van der Waals surface area contributed by atoms with Gasteiger partial charge in [-0.25, -0.2) is 8.78 Å². The summed E-state index contributed by atoms with van der Waals surface area (Å²) in [4.78, 5) is 5.80. The van der Waals surface area contributed by atoms with E-state index in [0.29, 0.717) is 17.4 Å². The fourth-order valence-corrected chi connectivity index (χ4v) is 3.67. The van der Waals surface area contributed by atoms with Crippen molar-refractivity contribution in [2.45, 2.75) is 42.9 Å². The highest BCUT2D eigenvalue weighted by Gasteiger charge is 2.24. The minimum atomic E-state index is -0.534. The van der Waals surface area contributed by atoms with Crippen LogP contribution in [0.3, 0.4) is 0 Å². The number of hydrogen-bond donors (Lipinski definition) is 0. The number of halogens is 2. The van der Waals surface area contributed by atoms with Crippen molar-refractivity contribution >= 4 is 17.5 Å². The molecule has 1 aliphatic rings. The highest BCUT2D eigenvalue weighted by Crippen LogP contribution is 2.33. The maximum Gasteiger partial charge on any atom is 0.135 e. The van der Waals surface area contributed by atoms with E-state index in [-0.39, 0.29) is 11.6 Å². The molecule has 0 bridgehead atoms. The Morgan fingerprint density at radius 1 is 1.04 bits per heavy atom. The molecule has 1 aliphatic heterocycles. The first-order valence-electron chi connectivity index (χ1n) is 7.82. The van der Waals surface area contributed by atoms with Gasteiger partial charge >= 0.3 is 0 Å². The van der Waals surface area contributed by atoms with Gasteiger partial charge in [0.15, 0.2) is 0 Å². The molecule has 0 aromatic heterocycles. The lowest BCUT2D eigenvalue weighted by molar-refractivity contribution is 0.578. The molecule has 120 valence electrons. The molecule has 0 N–H and O–H groups in total. The van der Waals surface area contributed by atoms with Gasteiger partial charge in [-0.05, 0) is 42.7 Å². The number of benzene rings is 2. The molecule has 2 aromatic rings. The maximum absolute atomic E-state index is 13.9. The van der Waals surface area contributed by atoms with E-state index >= 15 is 0 Å². The molecular formula is C19H19F2NS. The molecule has 1 atom stereocenters. The van der Waals surface area contributed by atoms with Crippen LogP contribution < -0.4 is 0 Å². The Morgan fingerprint density at radius 3 is 2.30 bits per heavy atom. The fraction of sp³-hybridized carbons (Fsp3) is 0.316. The van der Waals surface area contributed by atoms with Gasteiger partial charge in [-0.3, -0.25) is 4.99 Å². The van der Waals surface area contributed by atoms with Gasteiger partial charge in [0.2, 0.25) is 0 Å². The number of rotatable bonds is 4. The summed E-state index contributed by atoms with van der Waals surface area (Å²) >= 11 is 1.82. The third kappa shape index (κ3) is 3.63. The van der Waals surface area contributed by atoms with Crippen molar-refractivity contribution in [1.29, 1.82) is 0 Å². The first-order valence-corrected chi connectivity index (χ1v) is 8.70. The summed E-state index contributed by atoms with van der Waals surface area (Å²) in [6.45, 7) is 4.32. The Balaban J connectivity index is 1.82. The van der Waals surface area contributed by atoms with Gasteiger partial charge in [-0.2, -0.15) is 0 Å². The van der Waals surface area contributed by atoms with Crippen LogP contribution in [0.4, 0.5) is 8.78 Å². The number of aliphatic imine (C=N–C) groups is 1. The van der Waals surface area contributed by atoms with E-state index in [1.54, 1.807) is 0 Å². The summed E-state index contributed by atoms with van der Waals surface area (Å²) in [5, 5.41) is 0.543. The summed E-state index contributed by atoms with van der Waals surface area (Å²) < 4.78 is 27.8. The van der Waals surface area contributed by atoms with E-state index in [2.05, 4.69) is 43.1 Å². The lowest BCUT2D eigenvalue weighted by Gasteiger charge is -2.09. The highest BCUT2D eigenvalue weighted by molar-refractivity contribution is 7.99. The average Bonchev–Trinajstić information content (AvgIpc) is 2.97. The van der Waals surface area contributed by atoms with Crippen LogP contribution in [-0.4, -0.2) is 11.0 Å². The zero-order valence-corrected chi connectivity index (χ0v) is 14.0. The van der Waals surface area contributed by atoms with E-state index in [9.17, 15) is 8.78 Å². The summed E-state index contributed by atoms with van der Waals surface area (Å²) in [6.07, 6.45) is 1.39. The molecule has 23 heavy (non-hydrogen) atoms. The lowest BCUT2D eigenvalue weighted by atomic mass is 10.0. The molecule has 2 aromatic carbocycles. The Labute approximate surface area is 139 Å². The summed E-state index contributed by atoms with van der Waals surface area (Å²) in [7, 11) is 0. The molecule has 0 saturated heterocycles. The maximum atomic E-state index is 13.9. The van der Waals surface area contributed by atoms with E-state index in [1.807, 2.05) is 11.8 Å². The van der Waals surface area contributed by atoms with Gasteiger partial charge in [0.05, 0.1) is 11.6 Å². The van der Waals surface area contributed by atoms with Crippen molar-refractivity contribution < 1.29 is 8.78 Å². The lowest BCUT2D eigenvalue weighted by Crippen LogP contribution is -2.03. The zero-order chi connectivity index (χ0) is 16.4. The largest absolute Gasteiger partial charge is 0.281 e. The Kier molecular flexibility index (Phi) is 4.81. The Hall–Kier alpha value is -1.68. The van der Waals surface area contributed by atoms with Crippen LogP contribution in [0.15, 0.2) is 52.4 Å². The third-order valence-corrected chi connectivity index (χ3v) is 4.87. The first kappa shape index (κ1) is 16.2. The van der Waals surface area contributed by atoms with Crippen LogP contribution in [0.1, 0.15) is 43.9 Å². The molecule has 0 spiro atoms. The second-order valence-electron chi connectivity index (χ2n) is 5.96. The van der Waals surface area contributed by atoms with Gasteiger partial charge in [0.25, 0.3) is 0 Å². The number of thioether (sulfide) groups is 1. The quantitative estimate of drug-likeness (QED) is 0.646. The molecule has 0 saturated carbocycles. The topological polar surface area (TPSA) is 12.4 Å². The van der Waals surface area contributed by atoms with Crippen molar-refractivity contribution in [3.8, 4) is 0 Å². The minimum absolute atomic E-state index is 0.0119. The molecule has 0 amide bonds. The molecule has 1 heterocycles. The van der Waals surface area contributed by atoms with Crippen molar-refractivity contribution in [3.63, 3.8) is 0 Å². The van der Waals surface area contributed by atoms with E-state index in [1.165, 1.54) is 23.1 Å². The van der Waals surface area contributed by atoms with Crippen LogP contribution >= 0.6 is 11.8 Å². The Morgan fingerprint density at radius 2 is 1.70 bits per heavy atom. The average molecular weight is 331 g/mol. The van der Waals surface area contributed by atoms with Gasteiger partial charge < -0.3 is 0 Å². The molecule has 0 radical (unpaired) electrons. The minimum Gasteiger partial charge on any atom is -0.281 e. The summed E-state index contributed by atoms with van der Waals surface area (Å²) in [6, 6.07) is 12.3. The summed E-state index contributed by atoms with van der Waals surface area (Å²) in [5.74, 6) is -1.07. The normalized spacial score (nSPS) is 17.6. The van der Waals surface area contributed by atoms with Crippen LogP contribution in [0.5, 0.6) is 0 Å². The van der Waals surface area contributed by atoms with Gasteiger partial charge in [0, 0.05) is 15.9 Å². The molecule has 1 nitrogen and oxygen atoms in total. The molecule has 0 fully saturated rings. The van der Waals surface area contributed by atoms with Crippen LogP contribution in [-0.2, 0) is 0 Å². The molecule has 3 rings (SSSR count). The van der Waals surface area contributed by atoms with Crippen LogP contribution in [0.25, 0.3) is 0 Å². The van der Waals surface area contributed by atoms with Gasteiger partial charge in [-0.1, -0.05) is 32.0 Å². The van der Waals surface area contributed by atoms with Crippen molar-refractivity contribution in [3.05, 3.63) is 65.2 Å². The zero-order valence-electron chi connectivity index (χ0n) is 13.2. The predicted octanol–water partition coefficient (Wildman–Crippen LogP) is 5.79. The number of hydrogen-bond acceptors (Lipinski definition) is 2. The predicted molar refractivity (Wildman–Crippen MR) is 92.3 cm³/mol. The second-order valence-corrected chi connectivity index (χ2v) is 7.61. The SMILES string of the molecule is CC(C)Sc1ccc(C2CCC(c3c(F)cccc3F)=N2)cc1. The van der Waals surface area contributed by atoms with Gasteiger partial charge in [-0.15, -0.1) is 11.8 Å².